The minimum absolute atomic E-state index is 0.0352. The molecular weight excluding hydrogens is 414 g/mol. The van der Waals surface area contributed by atoms with Crippen LogP contribution in [-0.4, -0.2) is 49.1 Å². The van der Waals surface area contributed by atoms with Gasteiger partial charge in [0.15, 0.2) is 0 Å². The molecule has 0 spiro atoms. The predicted molar refractivity (Wildman–Crippen MR) is 118 cm³/mol. The Balaban J connectivity index is 1.36. The second kappa shape index (κ2) is 9.20. The Kier molecular flexibility index (Phi) is 6.38. The highest BCUT2D eigenvalue weighted by Crippen LogP contribution is 2.24. The van der Waals surface area contributed by atoms with Gasteiger partial charge in [0.25, 0.3) is 0 Å². The van der Waals surface area contributed by atoms with Crippen molar-refractivity contribution in [1.29, 1.82) is 0 Å². The van der Waals surface area contributed by atoms with Crippen molar-refractivity contribution in [3.63, 3.8) is 0 Å². The Labute approximate surface area is 183 Å². The minimum atomic E-state index is -3.50. The smallest absolute Gasteiger partial charge is 0.243 e. The lowest BCUT2D eigenvalue weighted by Crippen LogP contribution is -2.35. The standard InChI is InChI=1S/C23H27N3O4S/c27-22-15-19(17-25(22)16-18-7-3-1-4-8-18)23(28)24-20-9-11-21(12-10-20)31(29,30)26-13-5-2-6-14-26/h1,3-4,7-12,19H,2,5-6,13-17H2,(H,24,28)/t19-/m1/s1. The van der Waals surface area contributed by atoms with Gasteiger partial charge in [-0.2, -0.15) is 4.31 Å². The summed E-state index contributed by atoms with van der Waals surface area (Å²) in [6.07, 6.45) is 3.01. The molecule has 164 valence electrons. The van der Waals surface area contributed by atoms with E-state index in [1.807, 2.05) is 30.3 Å². The zero-order valence-electron chi connectivity index (χ0n) is 17.4. The number of rotatable bonds is 6. The molecule has 2 heterocycles. The van der Waals surface area contributed by atoms with E-state index < -0.39 is 15.9 Å². The molecule has 4 rings (SSSR count). The number of carbonyl (C=O) groups is 2. The number of anilines is 1. The SMILES string of the molecule is O=C(Nc1ccc(S(=O)(=O)N2CCCCC2)cc1)[C@@H]1CC(=O)N(Cc2ccccc2)C1. The van der Waals surface area contributed by atoms with Crippen LogP contribution in [0.1, 0.15) is 31.2 Å². The first kappa shape index (κ1) is 21.5. The average Bonchev–Trinajstić information content (AvgIpc) is 3.16. The van der Waals surface area contributed by atoms with Crippen molar-refractivity contribution < 1.29 is 18.0 Å². The van der Waals surface area contributed by atoms with Gasteiger partial charge in [-0.25, -0.2) is 8.42 Å². The fourth-order valence-electron chi connectivity index (χ4n) is 4.11. The van der Waals surface area contributed by atoms with E-state index in [-0.39, 0.29) is 23.1 Å². The maximum absolute atomic E-state index is 12.7. The van der Waals surface area contributed by atoms with Crippen molar-refractivity contribution >= 4 is 27.5 Å². The van der Waals surface area contributed by atoms with Gasteiger partial charge in [0.2, 0.25) is 21.8 Å². The minimum Gasteiger partial charge on any atom is -0.338 e. The summed E-state index contributed by atoms with van der Waals surface area (Å²) in [5, 5.41) is 2.82. The predicted octanol–water partition coefficient (Wildman–Crippen LogP) is 2.85. The summed E-state index contributed by atoms with van der Waals surface area (Å²) >= 11 is 0. The summed E-state index contributed by atoms with van der Waals surface area (Å²) in [5.74, 6) is -0.685. The Hall–Kier alpha value is -2.71. The van der Waals surface area contributed by atoms with Crippen LogP contribution in [0.4, 0.5) is 5.69 Å². The number of hydrogen-bond acceptors (Lipinski definition) is 4. The third kappa shape index (κ3) is 4.97. The van der Waals surface area contributed by atoms with E-state index in [9.17, 15) is 18.0 Å². The monoisotopic (exact) mass is 441 g/mol. The molecule has 2 fully saturated rings. The van der Waals surface area contributed by atoms with Crippen LogP contribution in [0.25, 0.3) is 0 Å². The van der Waals surface area contributed by atoms with Crippen LogP contribution in [0.3, 0.4) is 0 Å². The lowest BCUT2D eigenvalue weighted by Gasteiger charge is -2.25. The number of nitrogens with one attached hydrogen (secondary N) is 1. The maximum atomic E-state index is 12.7. The highest BCUT2D eigenvalue weighted by molar-refractivity contribution is 7.89. The third-order valence-electron chi connectivity index (χ3n) is 5.88. The molecule has 2 aliphatic heterocycles. The third-order valence-corrected chi connectivity index (χ3v) is 7.79. The average molecular weight is 442 g/mol. The number of nitrogens with zero attached hydrogens (tertiary/aromatic N) is 2. The van der Waals surface area contributed by atoms with Crippen molar-refractivity contribution in [2.75, 3.05) is 25.0 Å². The number of amides is 2. The maximum Gasteiger partial charge on any atom is 0.243 e. The van der Waals surface area contributed by atoms with Gasteiger partial charge in [0.05, 0.1) is 10.8 Å². The molecule has 2 amide bonds. The fraction of sp³-hybridized carbons (Fsp3) is 0.391. The Morgan fingerprint density at radius 3 is 2.32 bits per heavy atom. The van der Waals surface area contributed by atoms with Gasteiger partial charge < -0.3 is 10.2 Å². The molecule has 0 radical (unpaired) electrons. The Morgan fingerprint density at radius 1 is 0.968 bits per heavy atom. The molecule has 0 aromatic heterocycles. The van der Waals surface area contributed by atoms with Crippen molar-refractivity contribution in [1.82, 2.24) is 9.21 Å². The van der Waals surface area contributed by atoms with Gasteiger partial charge in [0, 0.05) is 38.3 Å². The van der Waals surface area contributed by atoms with E-state index in [1.165, 1.54) is 16.4 Å². The van der Waals surface area contributed by atoms with Crippen LogP contribution in [0, 0.1) is 5.92 Å². The Bertz CT molecular complexity index is 1030. The van der Waals surface area contributed by atoms with E-state index in [1.54, 1.807) is 17.0 Å². The summed E-state index contributed by atoms with van der Waals surface area (Å²) < 4.78 is 27.0. The molecule has 8 heteroatoms. The zero-order chi connectivity index (χ0) is 21.8. The number of sulfonamides is 1. The van der Waals surface area contributed by atoms with Crippen molar-refractivity contribution in [2.45, 2.75) is 37.1 Å². The van der Waals surface area contributed by atoms with Gasteiger partial charge in [-0.3, -0.25) is 9.59 Å². The highest BCUT2D eigenvalue weighted by Gasteiger charge is 2.34. The molecule has 0 unspecified atom stereocenters. The molecule has 2 aliphatic rings. The molecule has 2 aromatic rings. The molecule has 7 nitrogen and oxygen atoms in total. The summed E-state index contributed by atoms with van der Waals surface area (Å²) in [5.41, 5.74) is 1.55. The number of carbonyl (C=O) groups excluding carboxylic acids is 2. The van der Waals surface area contributed by atoms with Gasteiger partial charge >= 0.3 is 0 Å². The molecule has 0 saturated carbocycles. The first-order chi connectivity index (χ1) is 14.9. The molecule has 2 saturated heterocycles. The van der Waals surface area contributed by atoms with E-state index in [0.717, 1.165) is 24.8 Å². The van der Waals surface area contributed by atoms with E-state index >= 15 is 0 Å². The Morgan fingerprint density at radius 2 is 1.65 bits per heavy atom. The van der Waals surface area contributed by atoms with Crippen molar-refractivity contribution in [3.8, 4) is 0 Å². The summed E-state index contributed by atoms with van der Waals surface area (Å²) in [4.78, 5) is 26.9. The normalized spacial score (nSPS) is 20.1. The lowest BCUT2D eigenvalue weighted by atomic mass is 10.1. The van der Waals surface area contributed by atoms with Crippen LogP contribution in [0.2, 0.25) is 0 Å². The first-order valence-corrected chi connectivity index (χ1v) is 12.1. The van der Waals surface area contributed by atoms with Crippen LogP contribution < -0.4 is 5.32 Å². The van der Waals surface area contributed by atoms with Gasteiger partial charge in [-0.15, -0.1) is 0 Å². The molecule has 1 N–H and O–H groups in total. The van der Waals surface area contributed by atoms with Gasteiger partial charge in [0.1, 0.15) is 0 Å². The summed E-state index contributed by atoms with van der Waals surface area (Å²) in [7, 11) is -3.50. The number of hydrogen-bond donors (Lipinski definition) is 1. The van der Waals surface area contributed by atoms with Gasteiger partial charge in [-0.05, 0) is 42.7 Å². The second-order valence-electron chi connectivity index (χ2n) is 8.14. The quantitative estimate of drug-likeness (QED) is 0.747. The second-order valence-corrected chi connectivity index (χ2v) is 10.1. The number of likely N-dealkylation sites (tertiary alicyclic amines) is 1. The topological polar surface area (TPSA) is 86.8 Å². The number of benzene rings is 2. The van der Waals surface area contributed by atoms with Crippen LogP contribution in [-0.2, 0) is 26.2 Å². The summed E-state index contributed by atoms with van der Waals surface area (Å²) in [6.45, 7) is 1.97. The van der Waals surface area contributed by atoms with Gasteiger partial charge in [-0.1, -0.05) is 36.8 Å². The van der Waals surface area contributed by atoms with Crippen LogP contribution in [0.15, 0.2) is 59.5 Å². The fourth-order valence-corrected chi connectivity index (χ4v) is 5.63. The van der Waals surface area contributed by atoms with Crippen molar-refractivity contribution in [3.05, 3.63) is 60.2 Å². The van der Waals surface area contributed by atoms with E-state index in [0.29, 0.717) is 31.9 Å². The lowest BCUT2D eigenvalue weighted by molar-refractivity contribution is -0.128. The molecular formula is C23H27N3O4S. The van der Waals surface area contributed by atoms with Crippen molar-refractivity contribution in [2.24, 2.45) is 5.92 Å². The summed E-state index contributed by atoms with van der Waals surface area (Å²) in [6, 6.07) is 16.0. The van der Waals surface area contributed by atoms with E-state index in [2.05, 4.69) is 5.32 Å². The molecule has 2 aromatic carbocycles. The molecule has 31 heavy (non-hydrogen) atoms. The number of piperidine rings is 1. The largest absolute Gasteiger partial charge is 0.338 e. The van der Waals surface area contributed by atoms with Crippen LogP contribution >= 0.6 is 0 Å². The molecule has 0 bridgehead atoms. The van der Waals surface area contributed by atoms with E-state index in [4.69, 9.17) is 0 Å². The first-order valence-electron chi connectivity index (χ1n) is 10.7. The molecule has 0 aliphatic carbocycles. The zero-order valence-corrected chi connectivity index (χ0v) is 18.2. The van der Waals surface area contributed by atoms with Crippen LogP contribution in [0.5, 0.6) is 0 Å². The molecule has 1 atom stereocenters. The highest BCUT2D eigenvalue weighted by atomic mass is 32.2.